The minimum absolute atomic E-state index is 0.0667. The second kappa shape index (κ2) is 6.04. The van der Waals surface area contributed by atoms with Crippen molar-refractivity contribution in [2.45, 2.75) is 53.0 Å². The van der Waals surface area contributed by atoms with E-state index < -0.39 is 0 Å². The first-order valence-electron chi connectivity index (χ1n) is 6.00. The van der Waals surface area contributed by atoms with Gasteiger partial charge in [-0.05, 0) is 38.3 Å². The summed E-state index contributed by atoms with van der Waals surface area (Å²) in [4.78, 5) is 14.1. The molecular formula is C13H21NOS. The van der Waals surface area contributed by atoms with Crippen LogP contribution in [0.5, 0.6) is 0 Å². The third-order valence-electron chi connectivity index (χ3n) is 2.40. The van der Waals surface area contributed by atoms with Crippen LogP contribution in [0.2, 0.25) is 0 Å². The van der Waals surface area contributed by atoms with Crippen LogP contribution in [0.3, 0.4) is 0 Å². The minimum Gasteiger partial charge on any atom is -0.349 e. The Hall–Kier alpha value is -0.830. The molecule has 0 aliphatic heterocycles. The van der Waals surface area contributed by atoms with Gasteiger partial charge in [0.05, 0.1) is 4.88 Å². The van der Waals surface area contributed by atoms with Crippen LogP contribution in [0.1, 0.15) is 54.2 Å². The van der Waals surface area contributed by atoms with Crippen molar-refractivity contribution in [3.8, 4) is 0 Å². The van der Waals surface area contributed by atoms with Crippen LogP contribution in [0.15, 0.2) is 6.07 Å². The fourth-order valence-corrected chi connectivity index (χ4v) is 2.91. The van der Waals surface area contributed by atoms with Gasteiger partial charge in [0.2, 0.25) is 0 Å². The molecule has 0 aromatic carbocycles. The van der Waals surface area contributed by atoms with Crippen LogP contribution < -0.4 is 5.32 Å². The standard InChI is InChI=1S/C13H21NOS/c1-5-7-11-10(6-2)8-12(16-11)13(15)14-9(3)4/h8-9H,5-7H2,1-4H3,(H,14,15). The molecule has 90 valence electrons. The molecule has 0 unspecified atom stereocenters. The monoisotopic (exact) mass is 239 g/mol. The highest BCUT2D eigenvalue weighted by atomic mass is 32.1. The molecule has 0 saturated heterocycles. The van der Waals surface area contributed by atoms with Crippen LogP contribution in [0.25, 0.3) is 0 Å². The van der Waals surface area contributed by atoms with Crippen molar-refractivity contribution in [1.82, 2.24) is 5.32 Å². The Bertz CT molecular complexity index is 355. The molecule has 0 bridgehead atoms. The van der Waals surface area contributed by atoms with Crippen LogP contribution in [-0.2, 0) is 12.8 Å². The van der Waals surface area contributed by atoms with Gasteiger partial charge >= 0.3 is 0 Å². The second-order valence-electron chi connectivity index (χ2n) is 4.29. The first kappa shape index (κ1) is 13.2. The average molecular weight is 239 g/mol. The number of carbonyl (C=O) groups is 1. The van der Waals surface area contributed by atoms with Crippen LogP contribution in [0, 0.1) is 0 Å². The Labute approximate surface area is 102 Å². The topological polar surface area (TPSA) is 29.1 Å². The first-order valence-corrected chi connectivity index (χ1v) is 6.82. The maximum Gasteiger partial charge on any atom is 0.261 e. The summed E-state index contributed by atoms with van der Waals surface area (Å²) in [6.45, 7) is 8.29. The van der Waals surface area contributed by atoms with E-state index >= 15 is 0 Å². The summed E-state index contributed by atoms with van der Waals surface area (Å²) in [5.41, 5.74) is 1.33. The normalized spacial score (nSPS) is 10.8. The highest BCUT2D eigenvalue weighted by Crippen LogP contribution is 2.24. The minimum atomic E-state index is 0.0667. The molecule has 0 fully saturated rings. The van der Waals surface area contributed by atoms with Gasteiger partial charge in [-0.1, -0.05) is 20.3 Å². The molecule has 1 amide bonds. The van der Waals surface area contributed by atoms with Crippen molar-refractivity contribution >= 4 is 17.2 Å². The molecular weight excluding hydrogens is 218 g/mol. The van der Waals surface area contributed by atoms with E-state index in [2.05, 4.69) is 19.2 Å². The van der Waals surface area contributed by atoms with Gasteiger partial charge in [-0.15, -0.1) is 11.3 Å². The number of rotatable bonds is 5. The average Bonchev–Trinajstić information content (AvgIpc) is 2.61. The molecule has 3 heteroatoms. The zero-order valence-electron chi connectivity index (χ0n) is 10.6. The number of aryl methyl sites for hydroxylation is 2. The molecule has 0 saturated carbocycles. The SMILES string of the molecule is CCCc1sc(C(=O)NC(C)C)cc1CC. The summed E-state index contributed by atoms with van der Waals surface area (Å²) < 4.78 is 0. The predicted molar refractivity (Wildman–Crippen MR) is 70.3 cm³/mol. The Balaban J connectivity index is 2.85. The van der Waals surface area contributed by atoms with E-state index in [1.54, 1.807) is 11.3 Å². The Morgan fingerprint density at radius 2 is 2.12 bits per heavy atom. The Morgan fingerprint density at radius 3 is 2.62 bits per heavy atom. The predicted octanol–water partition coefficient (Wildman–Crippen LogP) is 3.40. The van der Waals surface area contributed by atoms with E-state index in [4.69, 9.17) is 0 Å². The van der Waals surface area contributed by atoms with Crippen molar-refractivity contribution in [3.05, 3.63) is 21.4 Å². The molecule has 0 radical (unpaired) electrons. The maximum atomic E-state index is 11.8. The molecule has 0 atom stereocenters. The van der Waals surface area contributed by atoms with Gasteiger partial charge in [0.15, 0.2) is 0 Å². The summed E-state index contributed by atoms with van der Waals surface area (Å²) in [6, 6.07) is 2.25. The van der Waals surface area contributed by atoms with Crippen molar-refractivity contribution < 1.29 is 4.79 Å². The zero-order chi connectivity index (χ0) is 12.1. The fourth-order valence-electron chi connectivity index (χ4n) is 1.65. The summed E-state index contributed by atoms with van der Waals surface area (Å²) in [5, 5.41) is 2.94. The first-order chi connectivity index (χ1) is 7.58. The number of amides is 1. The smallest absolute Gasteiger partial charge is 0.261 e. The summed E-state index contributed by atoms with van der Waals surface area (Å²) in [6.07, 6.45) is 3.24. The summed E-state index contributed by atoms with van der Waals surface area (Å²) >= 11 is 1.65. The van der Waals surface area contributed by atoms with E-state index in [0.717, 1.165) is 24.1 Å². The highest BCUT2D eigenvalue weighted by Gasteiger charge is 2.13. The highest BCUT2D eigenvalue weighted by molar-refractivity contribution is 7.14. The van der Waals surface area contributed by atoms with E-state index in [1.165, 1.54) is 10.4 Å². The van der Waals surface area contributed by atoms with Crippen molar-refractivity contribution in [1.29, 1.82) is 0 Å². The zero-order valence-corrected chi connectivity index (χ0v) is 11.4. The van der Waals surface area contributed by atoms with Gasteiger partial charge in [0, 0.05) is 10.9 Å². The van der Waals surface area contributed by atoms with E-state index in [-0.39, 0.29) is 11.9 Å². The lowest BCUT2D eigenvalue weighted by molar-refractivity contribution is 0.0947. The van der Waals surface area contributed by atoms with Crippen molar-refractivity contribution in [2.24, 2.45) is 0 Å². The van der Waals surface area contributed by atoms with Crippen LogP contribution >= 0.6 is 11.3 Å². The molecule has 2 nitrogen and oxygen atoms in total. The molecule has 16 heavy (non-hydrogen) atoms. The van der Waals surface area contributed by atoms with Gasteiger partial charge in [-0.3, -0.25) is 4.79 Å². The Morgan fingerprint density at radius 1 is 1.44 bits per heavy atom. The van der Waals surface area contributed by atoms with E-state index in [9.17, 15) is 4.79 Å². The lowest BCUT2D eigenvalue weighted by Gasteiger charge is -2.05. The van der Waals surface area contributed by atoms with Crippen LogP contribution in [-0.4, -0.2) is 11.9 Å². The number of nitrogens with one attached hydrogen (secondary N) is 1. The molecule has 1 heterocycles. The van der Waals surface area contributed by atoms with Crippen LogP contribution in [0.4, 0.5) is 0 Å². The third kappa shape index (κ3) is 3.34. The van der Waals surface area contributed by atoms with Gasteiger partial charge < -0.3 is 5.32 Å². The summed E-state index contributed by atoms with van der Waals surface area (Å²) in [7, 11) is 0. The van der Waals surface area contributed by atoms with Crippen molar-refractivity contribution in [2.75, 3.05) is 0 Å². The van der Waals surface area contributed by atoms with E-state index in [1.807, 2.05) is 19.9 Å². The largest absolute Gasteiger partial charge is 0.349 e. The second-order valence-corrected chi connectivity index (χ2v) is 5.43. The maximum absolute atomic E-state index is 11.8. The molecule has 1 aromatic rings. The fraction of sp³-hybridized carbons (Fsp3) is 0.615. The molecule has 1 rings (SSSR count). The third-order valence-corrected chi connectivity index (χ3v) is 3.63. The lowest BCUT2D eigenvalue weighted by Crippen LogP contribution is -2.29. The number of carbonyl (C=O) groups excluding carboxylic acids is 1. The van der Waals surface area contributed by atoms with Gasteiger partial charge in [0.1, 0.15) is 0 Å². The molecule has 0 aliphatic carbocycles. The number of thiophene rings is 1. The Kier molecular flexibility index (Phi) is 5.00. The molecule has 1 aromatic heterocycles. The quantitative estimate of drug-likeness (QED) is 0.838. The molecule has 0 aliphatic rings. The lowest BCUT2D eigenvalue weighted by atomic mass is 10.1. The number of hydrogen-bond donors (Lipinski definition) is 1. The van der Waals surface area contributed by atoms with Gasteiger partial charge in [-0.25, -0.2) is 0 Å². The summed E-state index contributed by atoms with van der Waals surface area (Å²) in [5.74, 6) is 0.0667. The van der Waals surface area contributed by atoms with E-state index in [0.29, 0.717) is 0 Å². The van der Waals surface area contributed by atoms with Gasteiger partial charge in [-0.2, -0.15) is 0 Å². The van der Waals surface area contributed by atoms with Crippen molar-refractivity contribution in [3.63, 3.8) is 0 Å². The van der Waals surface area contributed by atoms with Gasteiger partial charge in [0.25, 0.3) is 5.91 Å². The molecule has 1 N–H and O–H groups in total. The number of hydrogen-bond acceptors (Lipinski definition) is 2. The molecule has 0 spiro atoms.